The third-order valence-electron chi connectivity index (χ3n) is 2.13. The Hall–Kier alpha value is -1.97. The molecule has 0 atom stereocenters. The second-order valence-electron chi connectivity index (χ2n) is 4.36. The summed E-state index contributed by atoms with van der Waals surface area (Å²) in [7, 11) is 0. The lowest BCUT2D eigenvalue weighted by Gasteiger charge is -2.08. The van der Waals surface area contributed by atoms with Gasteiger partial charge in [0.05, 0.1) is 12.3 Å². The van der Waals surface area contributed by atoms with Crippen LogP contribution >= 0.6 is 0 Å². The van der Waals surface area contributed by atoms with E-state index in [1.165, 1.54) is 13.0 Å². The van der Waals surface area contributed by atoms with E-state index in [1.807, 2.05) is 13.8 Å². The highest BCUT2D eigenvalue weighted by Gasteiger charge is 2.16. The van der Waals surface area contributed by atoms with Crippen LogP contribution in [0, 0.1) is 5.92 Å². The summed E-state index contributed by atoms with van der Waals surface area (Å²) in [5, 5.41) is 0. The lowest BCUT2D eigenvalue weighted by molar-refractivity contribution is -0.141. The van der Waals surface area contributed by atoms with Gasteiger partial charge in [0, 0.05) is 6.20 Å². The minimum Gasteiger partial charge on any atom is -0.462 e. The summed E-state index contributed by atoms with van der Waals surface area (Å²) < 4.78 is 5.04. The van der Waals surface area contributed by atoms with Crippen molar-refractivity contribution in [3.63, 3.8) is 0 Å². The maximum absolute atomic E-state index is 11.8. The monoisotopic (exact) mass is 247 g/mol. The smallest absolute Gasteiger partial charge is 0.341 e. The van der Waals surface area contributed by atoms with Crippen molar-refractivity contribution in [1.82, 2.24) is 4.98 Å². The molecule has 1 aromatic heterocycles. The Bertz CT molecular complexity index is 449. The lowest BCUT2D eigenvalue weighted by atomic mass is 10.1. The number of aromatic nitrogens is 1. The molecule has 4 nitrogen and oxygen atoms in total. The third-order valence-corrected chi connectivity index (χ3v) is 2.13. The van der Waals surface area contributed by atoms with Gasteiger partial charge in [0.2, 0.25) is 0 Å². The minimum absolute atomic E-state index is 0.0225. The van der Waals surface area contributed by atoms with Crippen LogP contribution in [0.2, 0.25) is 0 Å². The van der Waals surface area contributed by atoms with Crippen molar-refractivity contribution < 1.29 is 14.3 Å². The first-order chi connectivity index (χ1) is 8.50. The Morgan fingerprint density at radius 3 is 2.61 bits per heavy atom. The maximum Gasteiger partial charge on any atom is 0.341 e. The highest BCUT2D eigenvalue weighted by molar-refractivity contribution is 6.19. The lowest BCUT2D eigenvalue weighted by Crippen LogP contribution is -2.16. The largest absolute Gasteiger partial charge is 0.462 e. The highest BCUT2D eigenvalue weighted by Crippen LogP contribution is 2.08. The maximum atomic E-state index is 11.8. The topological polar surface area (TPSA) is 56.3 Å². The molecule has 1 heterocycles. The number of pyridine rings is 1. The van der Waals surface area contributed by atoms with Crippen LogP contribution in [0.1, 0.15) is 26.5 Å². The number of hydrogen-bond acceptors (Lipinski definition) is 4. The first kappa shape index (κ1) is 14.1. The number of nitrogens with zero attached hydrogens (tertiary/aromatic N) is 1. The van der Waals surface area contributed by atoms with Crippen molar-refractivity contribution in [2.24, 2.45) is 5.92 Å². The van der Waals surface area contributed by atoms with Gasteiger partial charge < -0.3 is 4.74 Å². The molecule has 0 saturated heterocycles. The van der Waals surface area contributed by atoms with Gasteiger partial charge in [-0.3, -0.25) is 9.78 Å². The second-order valence-corrected chi connectivity index (χ2v) is 4.36. The van der Waals surface area contributed by atoms with Crippen LogP contribution in [-0.4, -0.2) is 23.3 Å². The Balaban J connectivity index is 2.86. The number of esters is 1. The first-order valence-electron chi connectivity index (χ1n) is 5.81. The van der Waals surface area contributed by atoms with E-state index in [1.54, 1.807) is 24.4 Å². The molecule has 1 aromatic rings. The molecule has 96 valence electrons. The first-order valence-corrected chi connectivity index (χ1v) is 5.81. The van der Waals surface area contributed by atoms with Gasteiger partial charge in [0.15, 0.2) is 5.78 Å². The van der Waals surface area contributed by atoms with Gasteiger partial charge in [-0.1, -0.05) is 19.9 Å². The number of carbonyl (C=O) groups excluding carboxylic acids is 2. The van der Waals surface area contributed by atoms with Crippen LogP contribution in [0.4, 0.5) is 0 Å². The molecule has 0 unspecified atom stereocenters. The summed E-state index contributed by atoms with van der Waals surface area (Å²) in [5.41, 5.74) is 0.582. The van der Waals surface area contributed by atoms with Crippen molar-refractivity contribution in [2.45, 2.75) is 20.8 Å². The van der Waals surface area contributed by atoms with Gasteiger partial charge in [-0.15, -0.1) is 0 Å². The van der Waals surface area contributed by atoms with Gasteiger partial charge in [-0.05, 0) is 31.1 Å². The van der Waals surface area contributed by atoms with Crippen LogP contribution in [-0.2, 0) is 14.3 Å². The van der Waals surface area contributed by atoms with Gasteiger partial charge in [-0.2, -0.15) is 0 Å². The number of ether oxygens (including phenoxy) is 1. The SMILES string of the molecule is CC(=O)C(=Cc1ccccn1)C(=O)OCC(C)C. The van der Waals surface area contributed by atoms with E-state index in [9.17, 15) is 9.59 Å². The second kappa shape index (κ2) is 6.69. The van der Waals surface area contributed by atoms with Crippen LogP contribution < -0.4 is 0 Å². The molecule has 0 aromatic carbocycles. The summed E-state index contributed by atoms with van der Waals surface area (Å²) in [6.45, 7) is 5.50. The fraction of sp³-hybridized carbons (Fsp3) is 0.357. The van der Waals surface area contributed by atoms with Gasteiger partial charge >= 0.3 is 5.97 Å². The molecule has 0 N–H and O–H groups in total. The van der Waals surface area contributed by atoms with Crippen molar-refractivity contribution in [2.75, 3.05) is 6.61 Å². The Kier molecular flexibility index (Phi) is 5.24. The van der Waals surface area contributed by atoms with E-state index in [0.29, 0.717) is 12.3 Å². The van der Waals surface area contributed by atoms with E-state index in [2.05, 4.69) is 4.98 Å². The molecule has 18 heavy (non-hydrogen) atoms. The minimum atomic E-state index is -0.596. The Labute approximate surface area is 107 Å². The number of Topliss-reactive ketones (excluding diaryl/α,β-unsaturated/α-hetero) is 1. The molecule has 0 radical (unpaired) electrons. The molecule has 4 heteroatoms. The fourth-order valence-corrected chi connectivity index (χ4v) is 1.23. The van der Waals surface area contributed by atoms with E-state index in [-0.39, 0.29) is 17.3 Å². The normalized spacial score (nSPS) is 11.4. The van der Waals surface area contributed by atoms with Crippen molar-refractivity contribution >= 4 is 17.8 Å². The quantitative estimate of drug-likeness (QED) is 0.346. The zero-order valence-corrected chi connectivity index (χ0v) is 10.8. The standard InChI is InChI=1S/C14H17NO3/c1-10(2)9-18-14(17)13(11(3)16)8-12-6-4-5-7-15-12/h4-8,10H,9H2,1-3H3. The zero-order chi connectivity index (χ0) is 13.5. The van der Waals surface area contributed by atoms with Crippen LogP contribution in [0.5, 0.6) is 0 Å². The average molecular weight is 247 g/mol. The third kappa shape index (κ3) is 4.49. The molecule has 0 aliphatic heterocycles. The van der Waals surface area contributed by atoms with Crippen LogP contribution in [0.15, 0.2) is 30.0 Å². The van der Waals surface area contributed by atoms with E-state index >= 15 is 0 Å². The molecule has 0 aliphatic rings. The number of rotatable bonds is 5. The van der Waals surface area contributed by atoms with Gasteiger partial charge in [0.1, 0.15) is 5.57 Å². The number of hydrogen-bond donors (Lipinski definition) is 0. The number of ketones is 1. The summed E-state index contributed by atoms with van der Waals surface area (Å²) in [6.07, 6.45) is 3.05. The molecule has 0 fully saturated rings. The average Bonchev–Trinajstić information content (AvgIpc) is 2.34. The van der Waals surface area contributed by atoms with E-state index in [0.717, 1.165) is 0 Å². The van der Waals surface area contributed by atoms with Crippen molar-refractivity contribution in [3.8, 4) is 0 Å². The molecule has 0 bridgehead atoms. The van der Waals surface area contributed by atoms with Crippen LogP contribution in [0.25, 0.3) is 6.08 Å². The molecular formula is C14H17NO3. The summed E-state index contributed by atoms with van der Waals surface area (Å²) >= 11 is 0. The molecule has 0 saturated carbocycles. The molecule has 1 rings (SSSR count). The van der Waals surface area contributed by atoms with Crippen molar-refractivity contribution in [3.05, 3.63) is 35.7 Å². The van der Waals surface area contributed by atoms with Crippen molar-refractivity contribution in [1.29, 1.82) is 0 Å². The zero-order valence-electron chi connectivity index (χ0n) is 10.8. The van der Waals surface area contributed by atoms with E-state index < -0.39 is 5.97 Å². The highest BCUT2D eigenvalue weighted by atomic mass is 16.5. The molecule has 0 amide bonds. The predicted molar refractivity (Wildman–Crippen MR) is 68.7 cm³/mol. The molecular weight excluding hydrogens is 230 g/mol. The molecule has 0 spiro atoms. The summed E-state index contributed by atoms with van der Waals surface area (Å²) in [5.74, 6) is -0.687. The predicted octanol–water partition coefficient (Wildman–Crippen LogP) is 2.25. The van der Waals surface area contributed by atoms with Gasteiger partial charge in [0.25, 0.3) is 0 Å². The summed E-state index contributed by atoms with van der Waals surface area (Å²) in [6, 6.07) is 5.27. The summed E-state index contributed by atoms with van der Waals surface area (Å²) in [4.78, 5) is 27.2. The fourth-order valence-electron chi connectivity index (χ4n) is 1.23. The number of carbonyl (C=O) groups is 2. The van der Waals surface area contributed by atoms with Crippen LogP contribution in [0.3, 0.4) is 0 Å². The Morgan fingerprint density at radius 2 is 2.11 bits per heavy atom. The Morgan fingerprint density at radius 1 is 1.39 bits per heavy atom. The van der Waals surface area contributed by atoms with Gasteiger partial charge in [-0.25, -0.2) is 4.79 Å². The van der Waals surface area contributed by atoms with E-state index in [4.69, 9.17) is 4.74 Å². The molecule has 0 aliphatic carbocycles.